The molecule has 0 radical (unpaired) electrons. The van der Waals surface area contributed by atoms with Crippen molar-refractivity contribution in [2.24, 2.45) is 0 Å². The average Bonchev–Trinajstić information content (AvgIpc) is 2.37. The SMILES string of the molecule is Cc1cccc(C(=O)Cc2cc(Cl)ccc2Cl)c1Br. The maximum absolute atomic E-state index is 12.3. The van der Waals surface area contributed by atoms with Gasteiger partial charge < -0.3 is 0 Å². The highest BCUT2D eigenvalue weighted by molar-refractivity contribution is 9.10. The molecule has 2 aromatic rings. The summed E-state index contributed by atoms with van der Waals surface area (Å²) in [5.41, 5.74) is 2.44. The minimum atomic E-state index is 0.0136. The highest BCUT2D eigenvalue weighted by atomic mass is 79.9. The Bertz CT molecular complexity index is 638. The Hall–Kier alpha value is -0.830. The monoisotopic (exact) mass is 356 g/mol. The first kappa shape index (κ1) is 14.6. The van der Waals surface area contributed by atoms with Crippen LogP contribution in [0, 0.1) is 6.92 Å². The van der Waals surface area contributed by atoms with Crippen molar-refractivity contribution in [3.05, 3.63) is 67.6 Å². The van der Waals surface area contributed by atoms with Gasteiger partial charge in [0.05, 0.1) is 0 Å². The van der Waals surface area contributed by atoms with Crippen LogP contribution < -0.4 is 0 Å². The summed E-state index contributed by atoms with van der Waals surface area (Å²) in [5, 5.41) is 1.14. The summed E-state index contributed by atoms with van der Waals surface area (Å²) < 4.78 is 0.832. The Labute approximate surface area is 130 Å². The standard InChI is InChI=1S/C15H11BrCl2O/c1-9-3-2-4-12(15(9)16)14(19)8-10-7-11(17)5-6-13(10)18/h2-7H,8H2,1H3. The summed E-state index contributed by atoms with van der Waals surface area (Å²) >= 11 is 15.4. The molecule has 0 aliphatic heterocycles. The van der Waals surface area contributed by atoms with Crippen LogP contribution in [0.4, 0.5) is 0 Å². The van der Waals surface area contributed by atoms with E-state index in [4.69, 9.17) is 23.2 Å². The largest absolute Gasteiger partial charge is 0.294 e. The first-order valence-corrected chi connectivity index (χ1v) is 7.26. The van der Waals surface area contributed by atoms with E-state index in [1.807, 2.05) is 19.1 Å². The number of Topliss-reactive ketones (excluding diaryl/α,β-unsaturated/α-hetero) is 1. The van der Waals surface area contributed by atoms with Gasteiger partial charge in [0.15, 0.2) is 5.78 Å². The van der Waals surface area contributed by atoms with Crippen LogP contribution in [0.3, 0.4) is 0 Å². The predicted molar refractivity (Wildman–Crippen MR) is 83.4 cm³/mol. The van der Waals surface area contributed by atoms with Crippen molar-refractivity contribution in [3.8, 4) is 0 Å². The summed E-state index contributed by atoms with van der Waals surface area (Å²) in [4.78, 5) is 12.3. The number of aryl methyl sites for hydroxylation is 1. The molecule has 0 saturated heterocycles. The number of hydrogen-bond donors (Lipinski definition) is 0. The summed E-state index contributed by atoms with van der Waals surface area (Å²) in [5.74, 6) is 0.0136. The molecule has 0 aromatic heterocycles. The fraction of sp³-hybridized carbons (Fsp3) is 0.133. The maximum atomic E-state index is 12.3. The molecular formula is C15H11BrCl2O. The van der Waals surface area contributed by atoms with Crippen LogP contribution in [0.1, 0.15) is 21.5 Å². The first-order chi connectivity index (χ1) is 8.99. The van der Waals surface area contributed by atoms with Crippen LogP contribution in [-0.4, -0.2) is 5.78 Å². The van der Waals surface area contributed by atoms with Crippen molar-refractivity contribution in [1.82, 2.24) is 0 Å². The minimum absolute atomic E-state index is 0.0136. The van der Waals surface area contributed by atoms with Gasteiger partial charge in [0, 0.05) is 26.5 Å². The highest BCUT2D eigenvalue weighted by Crippen LogP contribution is 2.25. The van der Waals surface area contributed by atoms with Gasteiger partial charge in [-0.1, -0.05) is 41.4 Å². The number of rotatable bonds is 3. The molecule has 0 N–H and O–H groups in total. The predicted octanol–water partition coefficient (Wildman–Crippen LogP) is 5.49. The van der Waals surface area contributed by atoms with Crippen LogP contribution in [0.15, 0.2) is 40.9 Å². The fourth-order valence-electron chi connectivity index (χ4n) is 1.81. The molecule has 0 aliphatic rings. The molecule has 0 fully saturated rings. The van der Waals surface area contributed by atoms with Gasteiger partial charge in [0.1, 0.15) is 0 Å². The lowest BCUT2D eigenvalue weighted by Gasteiger charge is -2.08. The zero-order chi connectivity index (χ0) is 14.0. The Balaban J connectivity index is 2.31. The third-order valence-electron chi connectivity index (χ3n) is 2.85. The molecule has 0 aliphatic carbocycles. The van der Waals surface area contributed by atoms with Crippen LogP contribution in [0.5, 0.6) is 0 Å². The number of halogens is 3. The van der Waals surface area contributed by atoms with Crippen molar-refractivity contribution in [3.63, 3.8) is 0 Å². The Morgan fingerprint density at radius 3 is 2.68 bits per heavy atom. The first-order valence-electron chi connectivity index (χ1n) is 5.71. The maximum Gasteiger partial charge on any atom is 0.168 e. The van der Waals surface area contributed by atoms with E-state index in [1.54, 1.807) is 24.3 Å². The van der Waals surface area contributed by atoms with Crippen molar-refractivity contribution >= 4 is 44.9 Å². The normalized spacial score (nSPS) is 10.5. The van der Waals surface area contributed by atoms with Gasteiger partial charge in [0.2, 0.25) is 0 Å². The van der Waals surface area contributed by atoms with Gasteiger partial charge in [-0.25, -0.2) is 0 Å². The molecule has 0 unspecified atom stereocenters. The molecule has 0 heterocycles. The van der Waals surface area contributed by atoms with Crippen LogP contribution in [0.2, 0.25) is 10.0 Å². The molecule has 0 bridgehead atoms. The van der Waals surface area contributed by atoms with Gasteiger partial charge >= 0.3 is 0 Å². The van der Waals surface area contributed by atoms with E-state index in [9.17, 15) is 4.79 Å². The molecule has 98 valence electrons. The molecule has 19 heavy (non-hydrogen) atoms. The average molecular weight is 358 g/mol. The van der Waals surface area contributed by atoms with Crippen molar-refractivity contribution < 1.29 is 4.79 Å². The van der Waals surface area contributed by atoms with Crippen LogP contribution in [0.25, 0.3) is 0 Å². The lowest BCUT2D eigenvalue weighted by molar-refractivity contribution is 0.0992. The van der Waals surface area contributed by atoms with E-state index in [0.717, 1.165) is 15.6 Å². The van der Waals surface area contributed by atoms with Crippen LogP contribution >= 0.6 is 39.1 Å². The van der Waals surface area contributed by atoms with E-state index in [-0.39, 0.29) is 12.2 Å². The number of hydrogen-bond acceptors (Lipinski definition) is 1. The smallest absolute Gasteiger partial charge is 0.168 e. The third-order valence-corrected chi connectivity index (χ3v) is 4.51. The van der Waals surface area contributed by atoms with E-state index in [2.05, 4.69) is 15.9 Å². The van der Waals surface area contributed by atoms with Crippen molar-refractivity contribution in [2.45, 2.75) is 13.3 Å². The number of ketones is 1. The van der Waals surface area contributed by atoms with Gasteiger partial charge in [0.25, 0.3) is 0 Å². The lowest BCUT2D eigenvalue weighted by Crippen LogP contribution is -2.05. The van der Waals surface area contributed by atoms with Gasteiger partial charge in [-0.05, 0) is 52.2 Å². The molecule has 0 saturated carbocycles. The second-order valence-corrected chi connectivity index (χ2v) is 5.91. The molecule has 2 aromatic carbocycles. The Morgan fingerprint density at radius 1 is 1.21 bits per heavy atom. The second kappa shape index (κ2) is 6.08. The van der Waals surface area contributed by atoms with E-state index in [1.165, 1.54) is 0 Å². The molecule has 0 amide bonds. The van der Waals surface area contributed by atoms with E-state index >= 15 is 0 Å². The summed E-state index contributed by atoms with van der Waals surface area (Å²) in [6.07, 6.45) is 0.238. The zero-order valence-electron chi connectivity index (χ0n) is 10.2. The highest BCUT2D eigenvalue weighted by Gasteiger charge is 2.14. The minimum Gasteiger partial charge on any atom is -0.294 e. The van der Waals surface area contributed by atoms with E-state index in [0.29, 0.717) is 15.6 Å². The molecule has 4 heteroatoms. The summed E-state index contributed by atoms with van der Waals surface area (Å²) in [6, 6.07) is 10.8. The van der Waals surface area contributed by atoms with Gasteiger partial charge in [-0.15, -0.1) is 0 Å². The molecule has 1 nitrogen and oxygen atoms in total. The zero-order valence-corrected chi connectivity index (χ0v) is 13.3. The van der Waals surface area contributed by atoms with Crippen LogP contribution in [-0.2, 0) is 6.42 Å². The Kier molecular flexibility index (Phi) is 4.67. The quantitative estimate of drug-likeness (QED) is 0.664. The van der Waals surface area contributed by atoms with Crippen molar-refractivity contribution in [2.75, 3.05) is 0 Å². The van der Waals surface area contributed by atoms with Crippen molar-refractivity contribution in [1.29, 1.82) is 0 Å². The summed E-state index contributed by atoms with van der Waals surface area (Å²) in [7, 11) is 0. The molecular weight excluding hydrogens is 347 g/mol. The van der Waals surface area contributed by atoms with Gasteiger partial charge in [-0.3, -0.25) is 4.79 Å². The lowest BCUT2D eigenvalue weighted by atomic mass is 10.0. The van der Waals surface area contributed by atoms with E-state index < -0.39 is 0 Å². The summed E-state index contributed by atoms with van der Waals surface area (Å²) in [6.45, 7) is 1.95. The van der Waals surface area contributed by atoms with Gasteiger partial charge in [-0.2, -0.15) is 0 Å². The molecule has 0 atom stereocenters. The molecule has 0 spiro atoms. The fourth-order valence-corrected chi connectivity index (χ4v) is 2.67. The Morgan fingerprint density at radius 2 is 1.95 bits per heavy atom. The second-order valence-electron chi connectivity index (χ2n) is 4.27. The number of benzene rings is 2. The third kappa shape index (κ3) is 3.38. The number of carbonyl (C=O) groups is 1. The topological polar surface area (TPSA) is 17.1 Å². The molecule has 2 rings (SSSR count). The number of carbonyl (C=O) groups excluding carboxylic acids is 1.